The molecule has 0 bridgehead atoms. The Morgan fingerprint density at radius 3 is 2.12 bits per heavy atom. The zero-order valence-corrected chi connectivity index (χ0v) is 20.0. The van der Waals surface area contributed by atoms with Gasteiger partial charge < -0.3 is 35.3 Å². The fourth-order valence-electron chi connectivity index (χ4n) is 2.37. The van der Waals surface area contributed by atoms with Crippen LogP contribution in [-0.2, 0) is 16.0 Å². The van der Waals surface area contributed by atoms with Crippen molar-refractivity contribution in [2.24, 2.45) is 11.7 Å². The van der Waals surface area contributed by atoms with Crippen LogP contribution in [0.4, 0.5) is 0 Å². The third-order valence-electron chi connectivity index (χ3n) is 4.31. The van der Waals surface area contributed by atoms with E-state index in [1.54, 1.807) is 43.8 Å². The van der Waals surface area contributed by atoms with E-state index in [1.807, 2.05) is 13.0 Å². The maximum atomic E-state index is 9.55. The van der Waals surface area contributed by atoms with E-state index in [1.165, 1.54) is 4.88 Å². The van der Waals surface area contributed by atoms with E-state index in [9.17, 15) is 14.7 Å². The number of methoxy groups -OCH3 is 2. The van der Waals surface area contributed by atoms with Crippen molar-refractivity contribution in [2.75, 3.05) is 20.8 Å². The van der Waals surface area contributed by atoms with E-state index in [2.05, 4.69) is 17.9 Å². The summed E-state index contributed by atoms with van der Waals surface area (Å²) in [6.07, 6.45) is 2.10. The van der Waals surface area contributed by atoms with Gasteiger partial charge in [-0.2, -0.15) is 0 Å². The van der Waals surface area contributed by atoms with Gasteiger partial charge in [-0.3, -0.25) is 0 Å². The van der Waals surface area contributed by atoms with Crippen LogP contribution in [0, 0.1) is 17.8 Å². The molecule has 34 heavy (non-hydrogen) atoms. The highest BCUT2D eigenvalue weighted by molar-refractivity contribution is 7.12. The molecule has 2 rings (SSSR count). The lowest BCUT2D eigenvalue weighted by molar-refractivity contribution is -0.134. The second-order valence-corrected chi connectivity index (χ2v) is 8.09. The average molecular weight is 492 g/mol. The van der Waals surface area contributed by atoms with Crippen LogP contribution in [0.5, 0.6) is 17.2 Å². The summed E-state index contributed by atoms with van der Waals surface area (Å²) in [5.74, 6) is 5.69. The van der Waals surface area contributed by atoms with Gasteiger partial charge in [0.2, 0.25) is 0 Å². The lowest BCUT2D eigenvalue weighted by Gasteiger charge is -2.12. The normalized spacial score (nSPS) is 11.9. The van der Waals surface area contributed by atoms with Crippen molar-refractivity contribution >= 4 is 23.3 Å². The SMILES string of the molecule is COc1cc(OC)cc(OCC#Cc2ccc(CC[C@@H](C)C(N)O)s2)c1.O=C(O)/C=C/C(=O)O. The molecule has 0 radical (unpaired) electrons. The van der Waals surface area contributed by atoms with E-state index < -0.39 is 18.2 Å². The second-order valence-electron chi connectivity index (χ2n) is 6.92. The maximum Gasteiger partial charge on any atom is 0.328 e. The number of benzene rings is 1. The molecule has 1 aromatic carbocycles. The molecule has 1 heterocycles. The Bertz CT molecular complexity index is 981. The van der Waals surface area contributed by atoms with E-state index in [0.29, 0.717) is 29.4 Å². The van der Waals surface area contributed by atoms with E-state index in [4.69, 9.17) is 30.2 Å². The lowest BCUT2D eigenvalue weighted by atomic mass is 10.0. The second kappa shape index (κ2) is 15.3. The molecule has 0 amide bonds. The molecule has 5 N–H and O–H groups in total. The first kappa shape index (κ1) is 28.5. The Labute approximate surface area is 202 Å². The van der Waals surface area contributed by atoms with Crippen molar-refractivity contribution in [1.82, 2.24) is 0 Å². The van der Waals surface area contributed by atoms with Crippen LogP contribution in [0.3, 0.4) is 0 Å². The molecular formula is C24H29NO8S. The molecule has 0 aliphatic heterocycles. The number of carbonyl (C=O) groups is 2. The Morgan fingerprint density at radius 2 is 1.62 bits per heavy atom. The summed E-state index contributed by atoms with van der Waals surface area (Å²) in [7, 11) is 3.20. The monoisotopic (exact) mass is 491 g/mol. The van der Waals surface area contributed by atoms with Gasteiger partial charge >= 0.3 is 11.9 Å². The molecule has 0 saturated heterocycles. The van der Waals surface area contributed by atoms with Gasteiger partial charge in [-0.15, -0.1) is 11.3 Å². The molecule has 0 aliphatic rings. The highest BCUT2D eigenvalue weighted by Gasteiger charge is 2.09. The van der Waals surface area contributed by atoms with Crippen LogP contribution in [0.15, 0.2) is 42.5 Å². The first-order chi connectivity index (χ1) is 16.1. The minimum Gasteiger partial charge on any atom is -0.496 e. The number of carboxylic acid groups (broad SMARTS) is 2. The zero-order chi connectivity index (χ0) is 25.5. The highest BCUT2D eigenvalue weighted by atomic mass is 32.1. The summed E-state index contributed by atoms with van der Waals surface area (Å²) in [6, 6.07) is 9.44. The molecule has 2 atom stereocenters. The molecule has 184 valence electrons. The van der Waals surface area contributed by atoms with Crippen LogP contribution < -0.4 is 19.9 Å². The number of thiophene rings is 1. The van der Waals surface area contributed by atoms with Crippen LogP contribution in [0.25, 0.3) is 0 Å². The van der Waals surface area contributed by atoms with Gasteiger partial charge in [-0.1, -0.05) is 18.8 Å². The van der Waals surface area contributed by atoms with Gasteiger partial charge in [-0.25, -0.2) is 9.59 Å². The van der Waals surface area contributed by atoms with Crippen LogP contribution >= 0.6 is 11.3 Å². The standard InChI is InChI=1S/C20H25NO4S.C4H4O4/c1-14(20(21)22)6-7-19-9-8-18(26-19)5-4-10-25-17-12-15(23-2)11-16(13-17)24-3;5-3(6)1-2-4(7)8/h8-9,11-14,20,22H,6-7,10,21H2,1-3H3;1-2H,(H,5,6)(H,7,8)/b;2-1+/t14-,20?;/m1./s1. The van der Waals surface area contributed by atoms with Crippen LogP contribution in [0.2, 0.25) is 0 Å². The molecule has 0 saturated carbocycles. The summed E-state index contributed by atoms with van der Waals surface area (Å²) < 4.78 is 16.1. The Balaban J connectivity index is 0.000000620. The van der Waals surface area contributed by atoms with E-state index in [-0.39, 0.29) is 12.5 Å². The third-order valence-corrected chi connectivity index (χ3v) is 5.37. The van der Waals surface area contributed by atoms with Crippen molar-refractivity contribution < 1.29 is 39.1 Å². The van der Waals surface area contributed by atoms with E-state index in [0.717, 1.165) is 17.7 Å². The van der Waals surface area contributed by atoms with Gasteiger partial charge in [0.15, 0.2) is 0 Å². The summed E-state index contributed by atoms with van der Waals surface area (Å²) in [5.41, 5.74) is 5.48. The molecular weight excluding hydrogens is 462 g/mol. The van der Waals surface area contributed by atoms with E-state index >= 15 is 0 Å². The zero-order valence-electron chi connectivity index (χ0n) is 19.2. The predicted molar refractivity (Wildman–Crippen MR) is 128 cm³/mol. The maximum absolute atomic E-state index is 9.55. The Hall–Kier alpha value is -3.52. The molecule has 0 fully saturated rings. The van der Waals surface area contributed by atoms with Gasteiger partial charge in [0.25, 0.3) is 0 Å². The minimum atomic E-state index is -1.26. The van der Waals surface area contributed by atoms with Crippen molar-refractivity contribution in [3.63, 3.8) is 0 Å². The fraction of sp³-hybridized carbons (Fsp3) is 0.333. The number of aryl methyl sites for hydroxylation is 1. The summed E-state index contributed by atoms with van der Waals surface area (Å²) in [4.78, 5) is 21.3. The number of aliphatic carboxylic acids is 2. The number of nitrogens with two attached hydrogens (primary N) is 1. The molecule has 1 unspecified atom stereocenters. The molecule has 10 heteroatoms. The summed E-state index contributed by atoms with van der Waals surface area (Å²) >= 11 is 1.65. The predicted octanol–water partition coefficient (Wildman–Crippen LogP) is 2.75. The smallest absolute Gasteiger partial charge is 0.328 e. The third kappa shape index (κ3) is 11.9. The van der Waals surface area contributed by atoms with Crippen molar-refractivity contribution in [3.8, 4) is 29.1 Å². The number of hydrogen-bond donors (Lipinski definition) is 4. The van der Waals surface area contributed by atoms with Gasteiger partial charge in [0.1, 0.15) is 30.1 Å². The summed E-state index contributed by atoms with van der Waals surface area (Å²) in [5, 5.41) is 25.0. The lowest BCUT2D eigenvalue weighted by Crippen LogP contribution is -2.27. The topological polar surface area (TPSA) is 149 Å². The summed E-state index contributed by atoms with van der Waals surface area (Å²) in [6.45, 7) is 2.23. The number of carboxylic acids is 2. The van der Waals surface area contributed by atoms with Gasteiger partial charge in [-0.05, 0) is 30.9 Å². The Morgan fingerprint density at radius 1 is 1.06 bits per heavy atom. The first-order valence-electron chi connectivity index (χ1n) is 10.2. The van der Waals surface area contributed by atoms with Crippen molar-refractivity contribution in [3.05, 3.63) is 52.2 Å². The molecule has 0 aliphatic carbocycles. The number of hydrogen-bond acceptors (Lipinski definition) is 8. The minimum absolute atomic E-state index is 0.0832. The molecule has 1 aromatic heterocycles. The first-order valence-corrected chi connectivity index (χ1v) is 11.0. The van der Waals surface area contributed by atoms with Crippen LogP contribution in [0.1, 0.15) is 23.1 Å². The number of aliphatic hydroxyl groups is 1. The fourth-order valence-corrected chi connectivity index (χ4v) is 3.27. The molecule has 9 nitrogen and oxygen atoms in total. The quantitative estimate of drug-likeness (QED) is 0.224. The highest BCUT2D eigenvalue weighted by Crippen LogP contribution is 2.27. The molecule has 0 spiro atoms. The number of rotatable bonds is 10. The Kier molecular flexibility index (Phi) is 12.9. The average Bonchev–Trinajstić information content (AvgIpc) is 3.26. The number of ether oxygens (including phenoxy) is 3. The van der Waals surface area contributed by atoms with Gasteiger partial charge in [0.05, 0.1) is 19.1 Å². The number of aliphatic hydroxyl groups excluding tert-OH is 1. The van der Waals surface area contributed by atoms with Crippen molar-refractivity contribution in [2.45, 2.75) is 26.0 Å². The van der Waals surface area contributed by atoms with Gasteiger partial charge in [0, 0.05) is 35.2 Å². The van der Waals surface area contributed by atoms with Crippen molar-refractivity contribution in [1.29, 1.82) is 0 Å². The largest absolute Gasteiger partial charge is 0.496 e. The van der Waals surface area contributed by atoms with Crippen LogP contribution in [-0.4, -0.2) is 54.3 Å². The molecule has 2 aromatic rings.